The number of benzene rings is 1. The minimum atomic E-state index is -0.210. The summed E-state index contributed by atoms with van der Waals surface area (Å²) in [5.74, 6) is 0.176. The van der Waals surface area contributed by atoms with Crippen LogP contribution < -0.4 is 5.32 Å². The highest BCUT2D eigenvalue weighted by molar-refractivity contribution is 5.81. The molecule has 2 unspecified atom stereocenters. The number of amides is 1. The molecular weight excluding hydrogens is 364 g/mol. The van der Waals surface area contributed by atoms with Gasteiger partial charge in [-0.2, -0.15) is 0 Å². The van der Waals surface area contributed by atoms with Gasteiger partial charge >= 0.3 is 0 Å². The molecule has 2 aromatic rings. The van der Waals surface area contributed by atoms with Gasteiger partial charge in [-0.25, -0.2) is 0 Å². The fraction of sp³-hybridized carbons (Fsp3) is 0.478. The number of hydrogen-bond acceptors (Lipinski definition) is 5. The van der Waals surface area contributed by atoms with E-state index in [0.29, 0.717) is 0 Å². The van der Waals surface area contributed by atoms with E-state index >= 15 is 0 Å². The molecular formula is C23H30N4O2. The molecule has 4 rings (SSSR count). The Kier molecular flexibility index (Phi) is 6.87. The summed E-state index contributed by atoms with van der Waals surface area (Å²) in [6.45, 7) is 5.72. The SMILES string of the molecule is O=C(C1CCCO1)N1CCN(CC(NCc2ccccn2)c2ccccc2)CC1. The molecule has 2 atom stereocenters. The summed E-state index contributed by atoms with van der Waals surface area (Å²) in [5.41, 5.74) is 2.32. The van der Waals surface area contributed by atoms with Gasteiger partial charge in [0.25, 0.3) is 5.91 Å². The van der Waals surface area contributed by atoms with Crippen LogP contribution in [0.4, 0.5) is 0 Å². The number of carbonyl (C=O) groups is 1. The van der Waals surface area contributed by atoms with Crippen molar-refractivity contribution in [1.82, 2.24) is 20.1 Å². The third-order valence-electron chi connectivity index (χ3n) is 5.79. The number of pyridine rings is 1. The first-order chi connectivity index (χ1) is 14.3. The number of aromatic nitrogens is 1. The monoisotopic (exact) mass is 394 g/mol. The van der Waals surface area contributed by atoms with Crippen LogP contribution in [-0.4, -0.2) is 66.1 Å². The minimum absolute atomic E-state index is 0.176. The molecule has 1 amide bonds. The van der Waals surface area contributed by atoms with Crippen molar-refractivity contribution >= 4 is 5.91 Å². The summed E-state index contributed by atoms with van der Waals surface area (Å²) in [6.07, 6.45) is 3.49. The molecule has 2 aliphatic heterocycles. The quantitative estimate of drug-likeness (QED) is 0.781. The van der Waals surface area contributed by atoms with Crippen LogP contribution in [0.15, 0.2) is 54.7 Å². The fourth-order valence-electron chi connectivity index (χ4n) is 4.09. The Bertz CT molecular complexity index is 757. The molecule has 0 spiro atoms. The molecule has 2 fully saturated rings. The highest BCUT2D eigenvalue weighted by Crippen LogP contribution is 2.19. The van der Waals surface area contributed by atoms with Gasteiger partial charge in [-0.3, -0.25) is 14.7 Å². The normalized spacial score (nSPS) is 21.2. The fourth-order valence-corrected chi connectivity index (χ4v) is 4.09. The Hall–Kier alpha value is -2.28. The summed E-state index contributed by atoms with van der Waals surface area (Å²) < 4.78 is 5.57. The lowest BCUT2D eigenvalue weighted by molar-refractivity contribution is -0.142. The second kappa shape index (κ2) is 9.96. The first-order valence-corrected chi connectivity index (χ1v) is 10.6. The molecule has 2 aliphatic rings. The highest BCUT2D eigenvalue weighted by Gasteiger charge is 2.30. The molecule has 1 N–H and O–H groups in total. The van der Waals surface area contributed by atoms with Crippen molar-refractivity contribution in [3.63, 3.8) is 0 Å². The van der Waals surface area contributed by atoms with Gasteiger partial charge in [0, 0.05) is 58.1 Å². The van der Waals surface area contributed by atoms with E-state index in [2.05, 4.69) is 45.5 Å². The lowest BCUT2D eigenvalue weighted by Crippen LogP contribution is -2.52. The number of hydrogen-bond donors (Lipinski definition) is 1. The Morgan fingerprint density at radius 2 is 1.90 bits per heavy atom. The molecule has 0 bridgehead atoms. The van der Waals surface area contributed by atoms with Crippen molar-refractivity contribution in [1.29, 1.82) is 0 Å². The molecule has 0 saturated carbocycles. The van der Waals surface area contributed by atoms with Crippen LogP contribution in [0.5, 0.6) is 0 Å². The van der Waals surface area contributed by atoms with Gasteiger partial charge in [-0.15, -0.1) is 0 Å². The van der Waals surface area contributed by atoms with Crippen molar-refractivity contribution in [2.24, 2.45) is 0 Å². The van der Waals surface area contributed by atoms with Crippen LogP contribution >= 0.6 is 0 Å². The van der Waals surface area contributed by atoms with E-state index in [-0.39, 0.29) is 18.1 Å². The topological polar surface area (TPSA) is 57.7 Å². The van der Waals surface area contributed by atoms with Gasteiger partial charge < -0.3 is 15.0 Å². The lowest BCUT2D eigenvalue weighted by atomic mass is 10.1. The maximum absolute atomic E-state index is 12.6. The standard InChI is InChI=1S/C23H30N4O2/c28-23(22-10-6-16-29-22)27-14-12-26(13-15-27)18-21(19-7-2-1-3-8-19)25-17-20-9-4-5-11-24-20/h1-5,7-9,11,21-22,25H,6,10,12-18H2. The van der Waals surface area contributed by atoms with Gasteiger partial charge in [-0.05, 0) is 30.5 Å². The van der Waals surface area contributed by atoms with Crippen LogP contribution in [-0.2, 0) is 16.1 Å². The Morgan fingerprint density at radius 1 is 1.10 bits per heavy atom. The number of rotatable bonds is 7. The van der Waals surface area contributed by atoms with E-state index in [1.165, 1.54) is 5.56 Å². The molecule has 6 nitrogen and oxygen atoms in total. The van der Waals surface area contributed by atoms with E-state index in [0.717, 1.165) is 64.4 Å². The van der Waals surface area contributed by atoms with Crippen LogP contribution in [0, 0.1) is 0 Å². The average molecular weight is 395 g/mol. The van der Waals surface area contributed by atoms with Crippen molar-refractivity contribution in [2.45, 2.75) is 31.5 Å². The predicted molar refractivity (Wildman–Crippen MR) is 112 cm³/mol. The van der Waals surface area contributed by atoms with Gasteiger partial charge in [-0.1, -0.05) is 36.4 Å². The van der Waals surface area contributed by atoms with E-state index in [9.17, 15) is 4.79 Å². The summed E-state index contributed by atoms with van der Waals surface area (Å²) in [4.78, 5) is 21.4. The van der Waals surface area contributed by atoms with Crippen molar-refractivity contribution in [2.75, 3.05) is 39.3 Å². The van der Waals surface area contributed by atoms with Crippen LogP contribution in [0.2, 0.25) is 0 Å². The van der Waals surface area contributed by atoms with Gasteiger partial charge in [0.2, 0.25) is 0 Å². The maximum Gasteiger partial charge on any atom is 0.251 e. The molecule has 0 radical (unpaired) electrons. The summed E-state index contributed by atoms with van der Waals surface area (Å²) in [6, 6.07) is 16.8. The third kappa shape index (κ3) is 5.41. The smallest absolute Gasteiger partial charge is 0.251 e. The number of piperazine rings is 1. The Morgan fingerprint density at radius 3 is 2.59 bits per heavy atom. The first kappa shape index (κ1) is 20.0. The number of nitrogens with one attached hydrogen (secondary N) is 1. The number of carbonyl (C=O) groups excluding carboxylic acids is 1. The molecule has 0 aliphatic carbocycles. The molecule has 1 aromatic heterocycles. The second-order valence-electron chi connectivity index (χ2n) is 7.79. The molecule has 2 saturated heterocycles. The Labute approximate surface area is 172 Å². The zero-order valence-corrected chi connectivity index (χ0v) is 16.9. The zero-order chi connectivity index (χ0) is 19.9. The summed E-state index contributed by atoms with van der Waals surface area (Å²) in [7, 11) is 0. The van der Waals surface area contributed by atoms with Gasteiger partial charge in [0.05, 0.1) is 5.69 Å². The maximum atomic E-state index is 12.6. The summed E-state index contributed by atoms with van der Waals surface area (Å²) >= 11 is 0. The number of ether oxygens (including phenoxy) is 1. The largest absolute Gasteiger partial charge is 0.368 e. The zero-order valence-electron chi connectivity index (χ0n) is 16.9. The molecule has 29 heavy (non-hydrogen) atoms. The van der Waals surface area contributed by atoms with E-state index in [1.807, 2.05) is 29.3 Å². The van der Waals surface area contributed by atoms with E-state index < -0.39 is 0 Å². The predicted octanol–water partition coefficient (Wildman–Crippen LogP) is 2.24. The van der Waals surface area contributed by atoms with Gasteiger partial charge in [0.15, 0.2) is 0 Å². The first-order valence-electron chi connectivity index (χ1n) is 10.6. The van der Waals surface area contributed by atoms with E-state index in [1.54, 1.807) is 0 Å². The van der Waals surface area contributed by atoms with E-state index in [4.69, 9.17) is 4.74 Å². The van der Waals surface area contributed by atoms with Crippen molar-refractivity contribution in [3.8, 4) is 0 Å². The van der Waals surface area contributed by atoms with Crippen LogP contribution in [0.25, 0.3) is 0 Å². The molecule has 154 valence electrons. The van der Waals surface area contributed by atoms with Crippen LogP contribution in [0.1, 0.15) is 30.1 Å². The Balaban J connectivity index is 1.33. The number of nitrogens with zero attached hydrogens (tertiary/aromatic N) is 3. The van der Waals surface area contributed by atoms with Crippen LogP contribution in [0.3, 0.4) is 0 Å². The van der Waals surface area contributed by atoms with Crippen molar-refractivity contribution < 1.29 is 9.53 Å². The summed E-state index contributed by atoms with van der Waals surface area (Å²) in [5, 5.41) is 3.67. The minimum Gasteiger partial charge on any atom is -0.368 e. The average Bonchev–Trinajstić information content (AvgIpc) is 3.33. The van der Waals surface area contributed by atoms with Gasteiger partial charge in [0.1, 0.15) is 6.10 Å². The lowest BCUT2D eigenvalue weighted by Gasteiger charge is -2.37. The second-order valence-corrected chi connectivity index (χ2v) is 7.79. The highest BCUT2D eigenvalue weighted by atomic mass is 16.5. The third-order valence-corrected chi connectivity index (χ3v) is 5.79. The molecule has 1 aromatic carbocycles. The molecule has 6 heteroatoms. The molecule has 3 heterocycles. The van der Waals surface area contributed by atoms with Crippen molar-refractivity contribution in [3.05, 3.63) is 66.0 Å².